The van der Waals surface area contributed by atoms with Crippen LogP contribution < -0.4 is 5.32 Å². The molecule has 6 heteroatoms. The van der Waals surface area contributed by atoms with E-state index in [1.165, 1.54) is 0 Å². The van der Waals surface area contributed by atoms with Crippen molar-refractivity contribution in [1.82, 2.24) is 15.2 Å². The zero-order chi connectivity index (χ0) is 14.8. The fourth-order valence-electron chi connectivity index (χ4n) is 2.15. The molecule has 3 rings (SSSR count). The van der Waals surface area contributed by atoms with E-state index in [2.05, 4.69) is 20.5 Å². The maximum atomic E-state index is 6.11. The molecule has 108 valence electrons. The predicted molar refractivity (Wildman–Crippen MR) is 82.3 cm³/mol. The molecule has 0 aliphatic rings. The van der Waals surface area contributed by atoms with Crippen LogP contribution in [0.4, 0.5) is 5.69 Å². The number of aryl methyl sites for hydroxylation is 2. The number of nitrogens with one attached hydrogen (secondary N) is 2. The highest BCUT2D eigenvalue weighted by molar-refractivity contribution is 6.32. The van der Waals surface area contributed by atoms with E-state index >= 15 is 0 Å². The number of anilines is 1. The first-order valence-electron chi connectivity index (χ1n) is 6.59. The van der Waals surface area contributed by atoms with Crippen LogP contribution in [-0.2, 0) is 6.54 Å². The van der Waals surface area contributed by atoms with Gasteiger partial charge in [-0.1, -0.05) is 11.6 Å². The summed E-state index contributed by atoms with van der Waals surface area (Å²) in [4.78, 5) is 4.08. The summed E-state index contributed by atoms with van der Waals surface area (Å²) in [5.74, 6) is 1.64. The Balaban J connectivity index is 1.82. The van der Waals surface area contributed by atoms with Crippen LogP contribution >= 0.6 is 11.6 Å². The van der Waals surface area contributed by atoms with Gasteiger partial charge in [-0.2, -0.15) is 5.10 Å². The van der Waals surface area contributed by atoms with Crippen molar-refractivity contribution >= 4 is 17.3 Å². The van der Waals surface area contributed by atoms with Crippen LogP contribution in [0.15, 0.2) is 35.0 Å². The number of aromatic nitrogens is 3. The van der Waals surface area contributed by atoms with Crippen molar-refractivity contribution < 1.29 is 4.42 Å². The lowest BCUT2D eigenvalue weighted by atomic mass is 10.2. The first-order valence-corrected chi connectivity index (χ1v) is 6.97. The quantitative estimate of drug-likeness (QED) is 0.716. The van der Waals surface area contributed by atoms with Gasteiger partial charge in [0, 0.05) is 18.3 Å². The molecule has 0 aliphatic heterocycles. The minimum Gasteiger partial charge on any atom is -0.460 e. The van der Waals surface area contributed by atoms with E-state index in [1.54, 1.807) is 12.4 Å². The van der Waals surface area contributed by atoms with E-state index < -0.39 is 0 Å². The van der Waals surface area contributed by atoms with Crippen molar-refractivity contribution in [3.8, 4) is 11.5 Å². The molecule has 21 heavy (non-hydrogen) atoms. The summed E-state index contributed by atoms with van der Waals surface area (Å²) in [6.45, 7) is 4.48. The first kappa shape index (κ1) is 13.7. The number of furan rings is 1. The number of nitrogens with zero attached hydrogens (tertiary/aromatic N) is 2. The van der Waals surface area contributed by atoms with Crippen LogP contribution in [0.3, 0.4) is 0 Å². The fourth-order valence-corrected chi connectivity index (χ4v) is 2.42. The van der Waals surface area contributed by atoms with Crippen molar-refractivity contribution in [2.45, 2.75) is 20.4 Å². The SMILES string of the molecule is Cc1ccc(-c2[nH]ncc2CNc2c(C)ccnc2Cl)o1. The molecule has 0 unspecified atom stereocenters. The highest BCUT2D eigenvalue weighted by atomic mass is 35.5. The maximum absolute atomic E-state index is 6.11. The average molecular weight is 303 g/mol. The standard InChI is InChI=1S/C15H15ClN4O/c1-9-5-6-17-15(16)13(9)18-7-11-8-19-20-14(11)12-4-3-10(2)21-12/h3-6,8,18H,7H2,1-2H3,(H,19,20). The first-order chi connectivity index (χ1) is 10.1. The van der Waals surface area contributed by atoms with Gasteiger partial charge in [-0.05, 0) is 37.6 Å². The summed E-state index contributed by atoms with van der Waals surface area (Å²) >= 11 is 6.11. The third kappa shape index (κ3) is 2.78. The van der Waals surface area contributed by atoms with Gasteiger partial charge in [0.25, 0.3) is 0 Å². The van der Waals surface area contributed by atoms with Crippen LogP contribution in [-0.4, -0.2) is 15.2 Å². The van der Waals surface area contributed by atoms with Gasteiger partial charge in [-0.3, -0.25) is 5.10 Å². The number of aromatic amines is 1. The Labute approximate surface area is 127 Å². The van der Waals surface area contributed by atoms with Crippen LogP contribution in [0.25, 0.3) is 11.5 Å². The zero-order valence-corrected chi connectivity index (χ0v) is 12.5. The molecule has 2 N–H and O–H groups in total. The number of hydrogen-bond acceptors (Lipinski definition) is 4. The predicted octanol–water partition coefficient (Wildman–Crippen LogP) is 3.95. The topological polar surface area (TPSA) is 66.7 Å². The summed E-state index contributed by atoms with van der Waals surface area (Å²) < 4.78 is 5.63. The van der Waals surface area contributed by atoms with E-state index in [1.807, 2.05) is 32.0 Å². The summed E-state index contributed by atoms with van der Waals surface area (Å²) in [6.07, 6.45) is 3.47. The monoisotopic (exact) mass is 302 g/mol. The maximum Gasteiger partial charge on any atom is 0.152 e. The molecule has 0 saturated carbocycles. The minimum absolute atomic E-state index is 0.467. The van der Waals surface area contributed by atoms with Gasteiger partial charge in [0.1, 0.15) is 11.5 Å². The Morgan fingerprint density at radius 1 is 1.29 bits per heavy atom. The summed E-state index contributed by atoms with van der Waals surface area (Å²) in [6, 6.07) is 5.77. The molecule has 0 aliphatic carbocycles. The van der Waals surface area contributed by atoms with Crippen LogP contribution in [0.1, 0.15) is 16.9 Å². The highest BCUT2D eigenvalue weighted by Gasteiger charge is 2.12. The molecule has 0 spiro atoms. The smallest absolute Gasteiger partial charge is 0.152 e. The van der Waals surface area contributed by atoms with Crippen molar-refractivity contribution in [2.24, 2.45) is 0 Å². The van der Waals surface area contributed by atoms with E-state index in [4.69, 9.17) is 16.0 Å². The molecule has 5 nitrogen and oxygen atoms in total. The van der Waals surface area contributed by atoms with Crippen molar-refractivity contribution in [3.63, 3.8) is 0 Å². The van der Waals surface area contributed by atoms with Gasteiger partial charge in [0.15, 0.2) is 10.9 Å². The fraction of sp³-hybridized carbons (Fsp3) is 0.200. The Bertz CT molecular complexity index is 742. The summed E-state index contributed by atoms with van der Waals surface area (Å²) in [5, 5.41) is 10.8. The van der Waals surface area contributed by atoms with Crippen molar-refractivity contribution in [3.05, 3.63) is 52.6 Å². The second-order valence-corrected chi connectivity index (χ2v) is 5.19. The van der Waals surface area contributed by atoms with Gasteiger partial charge >= 0.3 is 0 Å². The number of rotatable bonds is 4. The Kier molecular flexibility index (Phi) is 3.66. The van der Waals surface area contributed by atoms with Gasteiger partial charge in [0.2, 0.25) is 0 Å². The normalized spacial score (nSPS) is 10.8. The third-order valence-corrected chi connectivity index (χ3v) is 3.56. The molecule has 0 aromatic carbocycles. The molecule has 0 bridgehead atoms. The van der Waals surface area contributed by atoms with Gasteiger partial charge < -0.3 is 9.73 Å². The van der Waals surface area contributed by atoms with Gasteiger partial charge in [-0.15, -0.1) is 0 Å². The molecular weight excluding hydrogens is 288 g/mol. The molecule has 0 fully saturated rings. The third-order valence-electron chi connectivity index (χ3n) is 3.27. The van der Waals surface area contributed by atoms with E-state index in [9.17, 15) is 0 Å². The lowest BCUT2D eigenvalue weighted by Crippen LogP contribution is -2.02. The van der Waals surface area contributed by atoms with Crippen molar-refractivity contribution in [1.29, 1.82) is 0 Å². The Morgan fingerprint density at radius 2 is 2.14 bits per heavy atom. The van der Waals surface area contributed by atoms with Gasteiger partial charge in [0.05, 0.1) is 11.9 Å². The molecule has 0 saturated heterocycles. The average Bonchev–Trinajstić information content (AvgIpc) is 3.06. The zero-order valence-electron chi connectivity index (χ0n) is 11.8. The van der Waals surface area contributed by atoms with E-state index in [0.717, 1.165) is 34.0 Å². The molecule has 3 aromatic rings. The highest BCUT2D eigenvalue weighted by Crippen LogP contribution is 2.26. The summed E-state index contributed by atoms with van der Waals surface area (Å²) in [7, 11) is 0. The molecule has 3 heterocycles. The van der Waals surface area contributed by atoms with Crippen LogP contribution in [0.5, 0.6) is 0 Å². The molecule has 0 amide bonds. The lowest BCUT2D eigenvalue weighted by Gasteiger charge is -2.10. The Morgan fingerprint density at radius 3 is 2.86 bits per heavy atom. The van der Waals surface area contributed by atoms with Crippen LogP contribution in [0, 0.1) is 13.8 Å². The van der Waals surface area contributed by atoms with Gasteiger partial charge in [-0.25, -0.2) is 4.98 Å². The number of pyridine rings is 1. The lowest BCUT2D eigenvalue weighted by molar-refractivity contribution is 0.545. The van der Waals surface area contributed by atoms with E-state index in [-0.39, 0.29) is 0 Å². The molecule has 0 atom stereocenters. The van der Waals surface area contributed by atoms with Crippen molar-refractivity contribution in [2.75, 3.05) is 5.32 Å². The van der Waals surface area contributed by atoms with E-state index in [0.29, 0.717) is 11.7 Å². The molecular formula is C15H15ClN4O. The second-order valence-electron chi connectivity index (χ2n) is 4.83. The van der Waals surface area contributed by atoms with Crippen LogP contribution in [0.2, 0.25) is 5.15 Å². The summed E-state index contributed by atoms with van der Waals surface area (Å²) in [5.41, 5.74) is 3.76. The molecule has 3 aromatic heterocycles. The second kappa shape index (κ2) is 5.61. The largest absolute Gasteiger partial charge is 0.460 e. The number of hydrogen-bond donors (Lipinski definition) is 2. The number of H-pyrrole nitrogens is 1. The minimum atomic E-state index is 0.467. The Hall–Kier alpha value is -2.27. The number of halogens is 1. The molecule has 0 radical (unpaired) electrons.